The smallest absolute Gasteiger partial charge is 0.424 e. The first-order valence-electron chi connectivity index (χ1n) is 4.25. The van der Waals surface area contributed by atoms with Gasteiger partial charge in [0.1, 0.15) is 0 Å². The first-order chi connectivity index (χ1) is 5.63. The fourth-order valence-electron chi connectivity index (χ4n) is 1.92. The summed E-state index contributed by atoms with van der Waals surface area (Å²) in [5, 5.41) is 9.88. The monoisotopic (exact) mass is 172 g/mol. The summed E-state index contributed by atoms with van der Waals surface area (Å²) in [7, 11) is 0. The Morgan fingerprint density at radius 3 is 3.00 bits per heavy atom. The second-order valence-electron chi connectivity index (χ2n) is 3.54. The quantitative estimate of drug-likeness (QED) is 0.554. The maximum atomic E-state index is 10.8. The van der Waals surface area contributed by atoms with Crippen LogP contribution in [-0.2, 0) is 9.47 Å². The SMILES string of the molecule is CC1CCCC2OC(=O)OC12O. The van der Waals surface area contributed by atoms with Gasteiger partial charge < -0.3 is 14.6 Å². The average Bonchev–Trinajstić information content (AvgIpc) is 2.27. The molecule has 2 aliphatic rings. The van der Waals surface area contributed by atoms with Gasteiger partial charge in [-0.25, -0.2) is 4.79 Å². The molecule has 0 radical (unpaired) electrons. The van der Waals surface area contributed by atoms with Crippen molar-refractivity contribution in [1.29, 1.82) is 0 Å². The molecule has 0 bridgehead atoms. The lowest BCUT2D eigenvalue weighted by atomic mass is 9.83. The molecule has 12 heavy (non-hydrogen) atoms. The minimum Gasteiger partial charge on any atom is -0.424 e. The Kier molecular flexibility index (Phi) is 1.54. The number of hydrogen-bond acceptors (Lipinski definition) is 4. The molecule has 1 saturated heterocycles. The van der Waals surface area contributed by atoms with Crippen molar-refractivity contribution >= 4 is 6.16 Å². The zero-order chi connectivity index (χ0) is 8.77. The Morgan fingerprint density at radius 1 is 1.58 bits per heavy atom. The minimum absolute atomic E-state index is 0.0253. The normalized spacial score (nSPS) is 46.3. The second kappa shape index (κ2) is 2.36. The van der Waals surface area contributed by atoms with Gasteiger partial charge in [-0.15, -0.1) is 0 Å². The molecule has 1 heterocycles. The van der Waals surface area contributed by atoms with E-state index in [-0.39, 0.29) is 5.92 Å². The molecular formula is C8H12O4. The van der Waals surface area contributed by atoms with Crippen LogP contribution in [0.5, 0.6) is 0 Å². The molecule has 0 aromatic rings. The molecule has 2 fully saturated rings. The number of carbonyl (C=O) groups is 1. The summed E-state index contributed by atoms with van der Waals surface area (Å²) in [6, 6.07) is 0. The van der Waals surface area contributed by atoms with Crippen LogP contribution in [0.15, 0.2) is 0 Å². The third kappa shape index (κ3) is 0.909. The molecule has 4 heteroatoms. The fourth-order valence-corrected chi connectivity index (χ4v) is 1.92. The van der Waals surface area contributed by atoms with Gasteiger partial charge in [0, 0.05) is 5.92 Å². The zero-order valence-electron chi connectivity index (χ0n) is 6.95. The Hall–Kier alpha value is -0.770. The number of hydrogen-bond donors (Lipinski definition) is 1. The third-order valence-corrected chi connectivity index (χ3v) is 2.76. The van der Waals surface area contributed by atoms with Crippen LogP contribution in [-0.4, -0.2) is 23.2 Å². The Bertz CT molecular complexity index is 215. The summed E-state index contributed by atoms with van der Waals surface area (Å²) in [4.78, 5) is 10.8. The van der Waals surface area contributed by atoms with E-state index in [1.165, 1.54) is 0 Å². The van der Waals surface area contributed by atoms with Crippen molar-refractivity contribution < 1.29 is 19.4 Å². The molecule has 1 saturated carbocycles. The van der Waals surface area contributed by atoms with Gasteiger partial charge in [-0.05, 0) is 19.3 Å². The summed E-state index contributed by atoms with van der Waals surface area (Å²) in [6.45, 7) is 1.87. The third-order valence-electron chi connectivity index (χ3n) is 2.76. The van der Waals surface area contributed by atoms with Crippen molar-refractivity contribution in [2.24, 2.45) is 5.92 Å². The first kappa shape index (κ1) is 7.86. The number of carbonyl (C=O) groups excluding carboxylic acids is 1. The largest absolute Gasteiger partial charge is 0.511 e. The maximum absolute atomic E-state index is 10.8. The highest BCUT2D eigenvalue weighted by atomic mass is 16.8. The van der Waals surface area contributed by atoms with E-state index in [4.69, 9.17) is 9.47 Å². The molecule has 0 aromatic heterocycles. The summed E-state index contributed by atoms with van der Waals surface area (Å²) >= 11 is 0. The Labute approximate surface area is 70.5 Å². The highest BCUT2D eigenvalue weighted by Crippen LogP contribution is 2.40. The van der Waals surface area contributed by atoms with Crippen LogP contribution in [0, 0.1) is 5.92 Å². The highest BCUT2D eigenvalue weighted by Gasteiger charge is 2.55. The van der Waals surface area contributed by atoms with Gasteiger partial charge in [0.05, 0.1) is 0 Å². The highest BCUT2D eigenvalue weighted by molar-refractivity contribution is 5.63. The van der Waals surface area contributed by atoms with Crippen LogP contribution in [0.3, 0.4) is 0 Å². The molecule has 0 aromatic carbocycles. The van der Waals surface area contributed by atoms with Crippen molar-refractivity contribution in [2.75, 3.05) is 0 Å². The zero-order valence-corrected chi connectivity index (χ0v) is 6.95. The van der Waals surface area contributed by atoms with Crippen LogP contribution < -0.4 is 0 Å². The molecule has 1 aliphatic heterocycles. The first-order valence-corrected chi connectivity index (χ1v) is 4.25. The predicted molar refractivity (Wildman–Crippen MR) is 39.3 cm³/mol. The van der Waals surface area contributed by atoms with Gasteiger partial charge in [-0.2, -0.15) is 0 Å². The van der Waals surface area contributed by atoms with Crippen LogP contribution >= 0.6 is 0 Å². The second-order valence-corrected chi connectivity index (χ2v) is 3.54. The molecule has 0 spiro atoms. The van der Waals surface area contributed by atoms with Crippen LogP contribution in [0.25, 0.3) is 0 Å². The molecule has 0 amide bonds. The van der Waals surface area contributed by atoms with E-state index in [0.717, 1.165) is 12.8 Å². The average molecular weight is 172 g/mol. The summed E-state index contributed by atoms with van der Waals surface area (Å²) in [6.07, 6.45) is 1.37. The predicted octanol–water partition coefficient (Wildman–Crippen LogP) is 1.03. The van der Waals surface area contributed by atoms with Gasteiger partial charge >= 0.3 is 6.16 Å². The van der Waals surface area contributed by atoms with E-state index >= 15 is 0 Å². The molecule has 1 N–H and O–H groups in total. The van der Waals surface area contributed by atoms with Gasteiger partial charge in [0.15, 0.2) is 6.10 Å². The minimum atomic E-state index is -1.35. The lowest BCUT2D eigenvalue weighted by Gasteiger charge is -2.34. The molecule has 1 aliphatic carbocycles. The van der Waals surface area contributed by atoms with E-state index in [1.54, 1.807) is 0 Å². The summed E-state index contributed by atoms with van der Waals surface area (Å²) < 4.78 is 9.59. The molecule has 68 valence electrons. The molecule has 4 nitrogen and oxygen atoms in total. The van der Waals surface area contributed by atoms with Crippen molar-refractivity contribution in [3.8, 4) is 0 Å². The standard InChI is InChI=1S/C8H12O4/c1-5-3-2-4-6-8(5,10)12-7(9)11-6/h5-6,10H,2-4H2,1H3. The van der Waals surface area contributed by atoms with Crippen LogP contribution in [0.2, 0.25) is 0 Å². The Balaban J connectivity index is 2.23. The van der Waals surface area contributed by atoms with Crippen molar-refractivity contribution in [3.63, 3.8) is 0 Å². The van der Waals surface area contributed by atoms with E-state index in [9.17, 15) is 9.90 Å². The number of rotatable bonds is 0. The van der Waals surface area contributed by atoms with Crippen LogP contribution in [0.1, 0.15) is 26.2 Å². The number of ether oxygens (including phenoxy) is 2. The lowest BCUT2D eigenvalue weighted by Crippen LogP contribution is -2.48. The van der Waals surface area contributed by atoms with Crippen LogP contribution in [0.4, 0.5) is 4.79 Å². The van der Waals surface area contributed by atoms with E-state index < -0.39 is 18.0 Å². The number of fused-ring (bicyclic) bond motifs is 1. The lowest BCUT2D eigenvalue weighted by molar-refractivity contribution is -0.210. The molecule has 3 unspecified atom stereocenters. The van der Waals surface area contributed by atoms with Crippen molar-refractivity contribution in [1.82, 2.24) is 0 Å². The molecule has 3 atom stereocenters. The van der Waals surface area contributed by atoms with E-state index in [0.29, 0.717) is 6.42 Å². The van der Waals surface area contributed by atoms with Gasteiger partial charge in [0.2, 0.25) is 0 Å². The number of aliphatic hydroxyl groups is 1. The summed E-state index contributed by atoms with van der Waals surface area (Å²) in [5.41, 5.74) is 0. The van der Waals surface area contributed by atoms with Crippen molar-refractivity contribution in [3.05, 3.63) is 0 Å². The molecular weight excluding hydrogens is 160 g/mol. The van der Waals surface area contributed by atoms with Gasteiger partial charge in [-0.1, -0.05) is 6.92 Å². The van der Waals surface area contributed by atoms with Gasteiger partial charge in [0.25, 0.3) is 5.79 Å². The Morgan fingerprint density at radius 2 is 2.33 bits per heavy atom. The van der Waals surface area contributed by atoms with E-state index in [2.05, 4.69) is 0 Å². The maximum Gasteiger partial charge on any atom is 0.511 e. The fraction of sp³-hybridized carbons (Fsp3) is 0.875. The molecule has 2 rings (SSSR count). The van der Waals surface area contributed by atoms with E-state index in [1.807, 2.05) is 6.92 Å². The van der Waals surface area contributed by atoms with Gasteiger partial charge in [-0.3, -0.25) is 0 Å². The summed E-state index contributed by atoms with van der Waals surface area (Å²) in [5.74, 6) is -1.38. The topological polar surface area (TPSA) is 55.8 Å². The van der Waals surface area contributed by atoms with Crippen molar-refractivity contribution in [2.45, 2.75) is 38.1 Å².